The Hall–Kier alpha value is -0.650. The lowest BCUT2D eigenvalue weighted by Gasteiger charge is -1.99. The van der Waals surface area contributed by atoms with Gasteiger partial charge in [0, 0.05) is 4.47 Å². The first kappa shape index (κ1) is 13.3. The van der Waals surface area contributed by atoms with E-state index in [0.717, 1.165) is 26.7 Å². The van der Waals surface area contributed by atoms with Crippen molar-refractivity contribution in [3.63, 3.8) is 0 Å². The van der Waals surface area contributed by atoms with Crippen LogP contribution in [0.3, 0.4) is 0 Å². The Balaban J connectivity index is 2.14. The molecule has 0 aliphatic rings. The van der Waals surface area contributed by atoms with E-state index < -0.39 is 0 Å². The van der Waals surface area contributed by atoms with Crippen LogP contribution in [0, 0.1) is 0 Å². The van der Waals surface area contributed by atoms with Crippen molar-refractivity contribution in [2.24, 2.45) is 0 Å². The second-order valence-electron chi connectivity index (χ2n) is 4.03. The highest BCUT2D eigenvalue weighted by Crippen LogP contribution is 2.34. The maximum atomic E-state index is 5.80. The summed E-state index contributed by atoms with van der Waals surface area (Å²) in [6, 6.07) is 13.8. The molecule has 96 valence electrons. The summed E-state index contributed by atoms with van der Waals surface area (Å²) in [5, 5.41) is 0. The predicted molar refractivity (Wildman–Crippen MR) is 87.7 cm³/mol. The molecule has 3 aromatic rings. The Kier molecular flexibility index (Phi) is 3.78. The number of oxazole rings is 1. The number of alkyl halides is 2. The number of hydrogen-bond acceptors (Lipinski definition) is 2. The van der Waals surface area contributed by atoms with Gasteiger partial charge in [0.1, 0.15) is 5.52 Å². The van der Waals surface area contributed by atoms with E-state index in [2.05, 4.69) is 52.8 Å². The molecule has 0 fully saturated rings. The topological polar surface area (TPSA) is 26.0 Å². The van der Waals surface area contributed by atoms with E-state index in [1.807, 2.05) is 42.5 Å². The van der Waals surface area contributed by atoms with Gasteiger partial charge in [0.25, 0.3) is 0 Å². The molecule has 0 radical (unpaired) electrons. The largest absolute Gasteiger partial charge is 0.436 e. The zero-order chi connectivity index (χ0) is 13.4. The molecule has 0 unspecified atom stereocenters. The zero-order valence-electron chi connectivity index (χ0n) is 9.61. The van der Waals surface area contributed by atoms with Crippen molar-refractivity contribution in [1.29, 1.82) is 0 Å². The van der Waals surface area contributed by atoms with E-state index in [9.17, 15) is 0 Å². The van der Waals surface area contributed by atoms with Crippen molar-refractivity contribution in [3.05, 3.63) is 52.5 Å². The van der Waals surface area contributed by atoms with Gasteiger partial charge in [0.2, 0.25) is 5.89 Å². The number of nitrogens with zero attached hydrogens (tertiary/aromatic N) is 1. The zero-order valence-corrected chi connectivity index (χ0v) is 14.4. The highest BCUT2D eigenvalue weighted by Gasteiger charge is 2.12. The number of hydrogen-bond donors (Lipinski definition) is 0. The first-order valence-corrected chi connectivity index (χ1v) is 8.21. The lowest BCUT2D eigenvalue weighted by molar-refractivity contribution is 0.619. The van der Waals surface area contributed by atoms with Crippen molar-refractivity contribution in [1.82, 2.24) is 4.98 Å². The van der Waals surface area contributed by atoms with Crippen LogP contribution in [0.2, 0.25) is 0 Å². The predicted octanol–water partition coefficient (Wildman–Crippen LogP) is 6.05. The third-order valence-corrected chi connectivity index (χ3v) is 4.52. The van der Waals surface area contributed by atoms with Gasteiger partial charge in [-0.25, -0.2) is 4.98 Å². The van der Waals surface area contributed by atoms with Crippen LogP contribution in [0.15, 0.2) is 51.4 Å². The highest BCUT2D eigenvalue weighted by molar-refractivity contribution is 9.24. The molecule has 5 heteroatoms. The van der Waals surface area contributed by atoms with Crippen LogP contribution >= 0.6 is 47.8 Å². The van der Waals surface area contributed by atoms with E-state index >= 15 is 0 Å². The SMILES string of the molecule is Brc1ccccc1-c1nc2cc(C(Br)Br)ccc2o1. The molecule has 0 atom stereocenters. The maximum Gasteiger partial charge on any atom is 0.228 e. The van der Waals surface area contributed by atoms with Gasteiger partial charge in [0.05, 0.1) is 9.30 Å². The molecule has 0 saturated carbocycles. The third kappa shape index (κ3) is 2.64. The smallest absolute Gasteiger partial charge is 0.228 e. The molecular formula is C14H8Br3NO. The Morgan fingerprint density at radius 2 is 1.84 bits per heavy atom. The molecule has 0 bridgehead atoms. The Morgan fingerprint density at radius 1 is 1.05 bits per heavy atom. The van der Waals surface area contributed by atoms with Gasteiger partial charge in [-0.05, 0) is 45.8 Å². The Morgan fingerprint density at radius 3 is 2.58 bits per heavy atom. The van der Waals surface area contributed by atoms with Crippen LogP contribution in [-0.4, -0.2) is 4.98 Å². The molecular weight excluding hydrogens is 438 g/mol. The summed E-state index contributed by atoms with van der Waals surface area (Å²) in [7, 11) is 0. The highest BCUT2D eigenvalue weighted by atomic mass is 79.9. The summed E-state index contributed by atoms with van der Waals surface area (Å²) in [4.78, 5) is 4.55. The van der Waals surface area contributed by atoms with Crippen LogP contribution in [0.4, 0.5) is 0 Å². The summed E-state index contributed by atoms with van der Waals surface area (Å²) in [5.74, 6) is 0.625. The van der Waals surface area contributed by atoms with Crippen LogP contribution < -0.4 is 0 Å². The van der Waals surface area contributed by atoms with Gasteiger partial charge >= 0.3 is 0 Å². The molecule has 0 amide bonds. The molecule has 0 aliphatic heterocycles. The fourth-order valence-electron chi connectivity index (χ4n) is 1.83. The van der Waals surface area contributed by atoms with E-state index in [4.69, 9.17) is 4.42 Å². The van der Waals surface area contributed by atoms with E-state index in [1.165, 1.54) is 0 Å². The molecule has 19 heavy (non-hydrogen) atoms. The minimum absolute atomic E-state index is 0.119. The quantitative estimate of drug-likeness (QED) is 0.449. The third-order valence-electron chi connectivity index (χ3n) is 2.77. The molecule has 0 N–H and O–H groups in total. The van der Waals surface area contributed by atoms with Crippen LogP contribution in [0.25, 0.3) is 22.6 Å². The normalized spacial score (nSPS) is 11.4. The molecule has 0 aliphatic carbocycles. The average Bonchev–Trinajstić information content (AvgIpc) is 2.81. The number of fused-ring (bicyclic) bond motifs is 1. The van der Waals surface area contributed by atoms with Crippen LogP contribution in [0.5, 0.6) is 0 Å². The molecule has 3 rings (SSSR count). The van der Waals surface area contributed by atoms with Crippen molar-refractivity contribution in [3.8, 4) is 11.5 Å². The standard InChI is InChI=1S/C14H8Br3NO/c15-10-4-2-1-3-9(10)14-18-11-7-8(13(16)17)5-6-12(11)19-14/h1-7,13H. The minimum atomic E-state index is 0.119. The lowest BCUT2D eigenvalue weighted by atomic mass is 10.2. The van der Waals surface area contributed by atoms with Crippen LogP contribution in [0.1, 0.15) is 9.30 Å². The van der Waals surface area contributed by atoms with Crippen molar-refractivity contribution in [2.45, 2.75) is 3.74 Å². The number of benzene rings is 2. The summed E-state index contributed by atoms with van der Waals surface area (Å²) < 4.78 is 6.89. The van der Waals surface area contributed by atoms with Gasteiger partial charge in [-0.3, -0.25) is 0 Å². The first-order valence-electron chi connectivity index (χ1n) is 5.58. The van der Waals surface area contributed by atoms with Crippen molar-refractivity contribution in [2.75, 3.05) is 0 Å². The first-order chi connectivity index (χ1) is 9.15. The fraction of sp³-hybridized carbons (Fsp3) is 0.0714. The second-order valence-corrected chi connectivity index (χ2v) is 7.94. The maximum absolute atomic E-state index is 5.80. The van der Waals surface area contributed by atoms with Gasteiger partial charge in [-0.15, -0.1) is 0 Å². The molecule has 0 spiro atoms. The summed E-state index contributed by atoms with van der Waals surface area (Å²) in [6.07, 6.45) is 0. The molecule has 1 heterocycles. The van der Waals surface area contributed by atoms with Crippen molar-refractivity contribution < 1.29 is 4.42 Å². The van der Waals surface area contributed by atoms with Crippen molar-refractivity contribution >= 4 is 58.9 Å². The lowest BCUT2D eigenvalue weighted by Crippen LogP contribution is -1.80. The van der Waals surface area contributed by atoms with Gasteiger partial charge < -0.3 is 4.42 Å². The Labute approximate surface area is 135 Å². The molecule has 2 aromatic carbocycles. The van der Waals surface area contributed by atoms with E-state index in [0.29, 0.717) is 5.89 Å². The van der Waals surface area contributed by atoms with Gasteiger partial charge in [-0.2, -0.15) is 0 Å². The fourth-order valence-corrected chi connectivity index (χ4v) is 2.85. The number of aromatic nitrogens is 1. The summed E-state index contributed by atoms with van der Waals surface area (Å²) >= 11 is 10.5. The number of halogens is 3. The average molecular weight is 446 g/mol. The van der Waals surface area contributed by atoms with E-state index in [-0.39, 0.29) is 3.74 Å². The molecule has 2 nitrogen and oxygen atoms in total. The summed E-state index contributed by atoms with van der Waals surface area (Å²) in [5.41, 5.74) is 3.70. The monoisotopic (exact) mass is 443 g/mol. The minimum Gasteiger partial charge on any atom is -0.436 e. The van der Waals surface area contributed by atoms with Crippen LogP contribution in [-0.2, 0) is 0 Å². The van der Waals surface area contributed by atoms with Gasteiger partial charge in [-0.1, -0.05) is 50.1 Å². The number of rotatable bonds is 2. The molecule has 0 saturated heterocycles. The van der Waals surface area contributed by atoms with Gasteiger partial charge in [0.15, 0.2) is 5.58 Å². The second kappa shape index (κ2) is 5.38. The summed E-state index contributed by atoms with van der Waals surface area (Å²) in [6.45, 7) is 0. The Bertz CT molecular complexity index is 736. The van der Waals surface area contributed by atoms with E-state index in [1.54, 1.807) is 0 Å². The molecule has 1 aromatic heterocycles.